The van der Waals surface area contributed by atoms with Gasteiger partial charge in [-0.1, -0.05) is 58.3 Å². The van der Waals surface area contributed by atoms with Crippen molar-refractivity contribution >= 4 is 24.6 Å². The number of benzene rings is 1. The molecule has 0 saturated carbocycles. The molecule has 1 aromatic carbocycles. The van der Waals surface area contributed by atoms with Crippen LogP contribution >= 0.6 is 12.6 Å². The van der Waals surface area contributed by atoms with Gasteiger partial charge in [0.25, 0.3) is 0 Å². The van der Waals surface area contributed by atoms with Crippen LogP contribution in [0.2, 0.25) is 0 Å². The molecule has 0 heterocycles. The molecule has 1 aromatic rings. The van der Waals surface area contributed by atoms with Gasteiger partial charge < -0.3 is 9.84 Å². The number of esters is 1. The Morgan fingerprint density at radius 1 is 1.00 bits per heavy atom. The quantitative estimate of drug-likeness (QED) is 0.209. The van der Waals surface area contributed by atoms with Gasteiger partial charge in [-0.15, -0.1) is 12.6 Å². The van der Waals surface area contributed by atoms with Crippen LogP contribution in [0.3, 0.4) is 0 Å². The van der Waals surface area contributed by atoms with E-state index in [-0.39, 0.29) is 6.42 Å². The predicted molar refractivity (Wildman–Crippen MR) is 102 cm³/mol. The molecule has 0 saturated heterocycles. The van der Waals surface area contributed by atoms with E-state index < -0.39 is 17.9 Å². The number of thiol groups is 1. The molecule has 0 bridgehead atoms. The molecule has 140 valence electrons. The van der Waals surface area contributed by atoms with Gasteiger partial charge in [-0.3, -0.25) is 9.59 Å². The molecule has 0 aromatic heterocycles. The lowest BCUT2D eigenvalue weighted by molar-refractivity contribution is -0.146. The molecular weight excluding hydrogens is 336 g/mol. The van der Waals surface area contributed by atoms with E-state index in [1.165, 1.54) is 32.1 Å². The average Bonchev–Trinajstić information content (AvgIpc) is 2.58. The summed E-state index contributed by atoms with van der Waals surface area (Å²) in [7, 11) is 0. The van der Waals surface area contributed by atoms with Crippen molar-refractivity contribution < 1.29 is 19.4 Å². The Morgan fingerprint density at radius 2 is 1.56 bits per heavy atom. The maximum atomic E-state index is 12.3. The lowest BCUT2D eigenvalue weighted by Gasteiger charge is -2.14. The molecule has 0 aliphatic carbocycles. The highest BCUT2D eigenvalue weighted by Gasteiger charge is 2.23. The Balaban J connectivity index is 2.36. The number of hydrogen-bond acceptors (Lipinski definition) is 4. The fourth-order valence-corrected chi connectivity index (χ4v) is 2.90. The van der Waals surface area contributed by atoms with Crippen LogP contribution in [-0.2, 0) is 9.59 Å². The van der Waals surface area contributed by atoms with Crippen LogP contribution in [0.15, 0.2) is 29.2 Å². The zero-order chi connectivity index (χ0) is 18.5. The second-order valence-electron chi connectivity index (χ2n) is 6.47. The first-order valence-corrected chi connectivity index (χ1v) is 9.70. The summed E-state index contributed by atoms with van der Waals surface area (Å²) in [6.07, 6.45) is 9.71. The largest absolute Gasteiger partial charge is 0.481 e. The molecule has 0 spiro atoms. The van der Waals surface area contributed by atoms with Gasteiger partial charge in [0, 0.05) is 4.90 Å². The highest BCUT2D eigenvalue weighted by atomic mass is 32.1. The first-order valence-electron chi connectivity index (χ1n) is 9.25. The van der Waals surface area contributed by atoms with E-state index in [0.29, 0.717) is 12.2 Å². The van der Waals surface area contributed by atoms with Gasteiger partial charge in [0.1, 0.15) is 5.75 Å². The first-order chi connectivity index (χ1) is 12.0. The van der Waals surface area contributed by atoms with Gasteiger partial charge in [-0.05, 0) is 30.7 Å². The lowest BCUT2D eigenvalue weighted by Crippen LogP contribution is -2.23. The Bertz CT molecular complexity index is 513. The van der Waals surface area contributed by atoms with Gasteiger partial charge in [-0.25, -0.2) is 0 Å². The van der Waals surface area contributed by atoms with Crippen LogP contribution in [0.5, 0.6) is 5.75 Å². The zero-order valence-corrected chi connectivity index (χ0v) is 16.0. The molecule has 1 N–H and O–H groups in total. The molecule has 1 rings (SSSR count). The minimum absolute atomic E-state index is 0.181. The summed E-state index contributed by atoms with van der Waals surface area (Å²) in [4.78, 5) is 24.1. The third kappa shape index (κ3) is 10.2. The molecular formula is C20H30O4S. The highest BCUT2D eigenvalue weighted by molar-refractivity contribution is 7.80. The second kappa shape index (κ2) is 12.8. The average molecular weight is 367 g/mol. The number of ether oxygens (including phenoxy) is 1. The molecule has 0 amide bonds. The maximum Gasteiger partial charge on any atom is 0.314 e. The Morgan fingerprint density at radius 3 is 2.12 bits per heavy atom. The van der Waals surface area contributed by atoms with E-state index in [2.05, 4.69) is 19.6 Å². The van der Waals surface area contributed by atoms with Crippen LogP contribution < -0.4 is 4.74 Å². The van der Waals surface area contributed by atoms with Gasteiger partial charge in [0.15, 0.2) is 0 Å². The monoisotopic (exact) mass is 366 g/mol. The van der Waals surface area contributed by atoms with Crippen LogP contribution in [0.4, 0.5) is 0 Å². The van der Waals surface area contributed by atoms with Crippen molar-refractivity contribution in [2.45, 2.75) is 76.0 Å². The number of aliphatic carboxylic acids is 1. The number of carboxylic acids is 1. The van der Waals surface area contributed by atoms with Crippen molar-refractivity contribution in [1.29, 1.82) is 0 Å². The summed E-state index contributed by atoms with van der Waals surface area (Å²) in [6.45, 7) is 2.20. The molecule has 0 aliphatic heterocycles. The number of carbonyl (C=O) groups is 2. The molecule has 0 fully saturated rings. The molecule has 5 heteroatoms. The Hall–Kier alpha value is -1.49. The predicted octanol–water partition coefficient (Wildman–Crippen LogP) is 5.50. The summed E-state index contributed by atoms with van der Waals surface area (Å²) in [5.74, 6) is -1.59. The normalized spacial score (nSPS) is 11.9. The smallest absolute Gasteiger partial charge is 0.314 e. The lowest BCUT2D eigenvalue weighted by atomic mass is 9.97. The van der Waals surface area contributed by atoms with Gasteiger partial charge >= 0.3 is 11.9 Å². The summed E-state index contributed by atoms with van der Waals surface area (Å²) < 4.78 is 5.32. The van der Waals surface area contributed by atoms with E-state index in [0.717, 1.165) is 24.2 Å². The SMILES string of the molecule is CCCCCCCCCCC(CC(=O)O)C(=O)Oc1ccc(S)cc1. The fraction of sp³-hybridized carbons (Fsp3) is 0.600. The Labute approximate surface area is 156 Å². The van der Waals surface area contributed by atoms with Crippen LogP contribution in [-0.4, -0.2) is 17.0 Å². The van der Waals surface area contributed by atoms with Gasteiger partial charge in [-0.2, -0.15) is 0 Å². The van der Waals surface area contributed by atoms with E-state index in [1.54, 1.807) is 24.3 Å². The topological polar surface area (TPSA) is 63.6 Å². The summed E-state index contributed by atoms with van der Waals surface area (Å²) >= 11 is 4.18. The minimum Gasteiger partial charge on any atom is -0.481 e. The van der Waals surface area contributed by atoms with Crippen molar-refractivity contribution in [3.05, 3.63) is 24.3 Å². The first kappa shape index (κ1) is 21.6. The summed E-state index contributed by atoms with van der Waals surface area (Å²) in [5, 5.41) is 9.04. The van der Waals surface area contributed by atoms with Crippen molar-refractivity contribution in [1.82, 2.24) is 0 Å². The summed E-state index contributed by atoms with van der Waals surface area (Å²) in [6, 6.07) is 6.79. The van der Waals surface area contributed by atoms with Crippen LogP contribution in [0.1, 0.15) is 71.1 Å². The highest BCUT2D eigenvalue weighted by Crippen LogP contribution is 2.20. The fourth-order valence-electron chi connectivity index (χ4n) is 2.75. The summed E-state index contributed by atoms with van der Waals surface area (Å²) in [5.41, 5.74) is 0. The van der Waals surface area contributed by atoms with Crippen molar-refractivity contribution in [2.24, 2.45) is 5.92 Å². The number of hydrogen-bond donors (Lipinski definition) is 2. The third-order valence-corrected chi connectivity index (χ3v) is 4.51. The molecule has 1 unspecified atom stereocenters. The van der Waals surface area contributed by atoms with E-state index >= 15 is 0 Å². The number of rotatable bonds is 13. The molecule has 1 atom stereocenters. The number of carboxylic acid groups (broad SMARTS) is 1. The van der Waals surface area contributed by atoms with Crippen LogP contribution in [0, 0.1) is 5.92 Å². The second-order valence-corrected chi connectivity index (χ2v) is 6.99. The Kier molecular flexibility index (Phi) is 11.0. The van der Waals surface area contributed by atoms with Gasteiger partial charge in [0.2, 0.25) is 0 Å². The van der Waals surface area contributed by atoms with Gasteiger partial charge in [0.05, 0.1) is 12.3 Å². The zero-order valence-electron chi connectivity index (χ0n) is 15.1. The standard InChI is InChI=1S/C20H30O4S/c1-2-3-4-5-6-7-8-9-10-16(15-19(21)22)20(23)24-17-11-13-18(25)14-12-17/h11-14,16,25H,2-10,15H2,1H3,(H,21,22). The third-order valence-electron chi connectivity index (χ3n) is 4.22. The van der Waals surface area contributed by atoms with Crippen molar-refractivity contribution in [3.8, 4) is 5.75 Å². The molecule has 0 radical (unpaired) electrons. The molecule has 25 heavy (non-hydrogen) atoms. The van der Waals surface area contributed by atoms with E-state index in [9.17, 15) is 9.59 Å². The van der Waals surface area contributed by atoms with E-state index in [4.69, 9.17) is 9.84 Å². The number of unbranched alkanes of at least 4 members (excludes halogenated alkanes) is 7. The number of carbonyl (C=O) groups excluding carboxylic acids is 1. The van der Waals surface area contributed by atoms with E-state index in [1.807, 2.05) is 0 Å². The maximum absolute atomic E-state index is 12.3. The van der Waals surface area contributed by atoms with Crippen molar-refractivity contribution in [3.63, 3.8) is 0 Å². The minimum atomic E-state index is -0.966. The van der Waals surface area contributed by atoms with Crippen molar-refractivity contribution in [2.75, 3.05) is 0 Å². The molecule has 0 aliphatic rings. The van der Waals surface area contributed by atoms with Crippen LogP contribution in [0.25, 0.3) is 0 Å². The molecule has 4 nitrogen and oxygen atoms in total.